The van der Waals surface area contributed by atoms with Crippen molar-refractivity contribution < 1.29 is 9.21 Å². The summed E-state index contributed by atoms with van der Waals surface area (Å²) in [5.74, 6) is 1.73. The molecule has 0 unspecified atom stereocenters. The number of thioether (sulfide) groups is 1. The minimum absolute atomic E-state index is 0.0412. The van der Waals surface area contributed by atoms with Crippen molar-refractivity contribution >= 4 is 17.7 Å². The fourth-order valence-corrected chi connectivity index (χ4v) is 3.13. The van der Waals surface area contributed by atoms with E-state index in [-0.39, 0.29) is 17.2 Å². The smallest absolute Gasteiger partial charge is 0.230 e. The zero-order valence-electron chi connectivity index (χ0n) is 15.0. The van der Waals surface area contributed by atoms with Gasteiger partial charge in [-0.1, -0.05) is 11.8 Å². The van der Waals surface area contributed by atoms with Crippen molar-refractivity contribution in [1.82, 2.24) is 25.1 Å². The van der Waals surface area contributed by atoms with Gasteiger partial charge < -0.3 is 9.73 Å². The molecule has 0 aliphatic carbocycles. The van der Waals surface area contributed by atoms with Gasteiger partial charge in [-0.3, -0.25) is 14.3 Å². The summed E-state index contributed by atoms with van der Waals surface area (Å²) in [4.78, 5) is 16.2. The maximum absolute atomic E-state index is 12.1. The Kier molecular flexibility index (Phi) is 5.41. The predicted molar refractivity (Wildman–Crippen MR) is 99.7 cm³/mol. The van der Waals surface area contributed by atoms with Crippen LogP contribution in [0.3, 0.4) is 0 Å². The number of nitrogens with zero attached hydrogens (tertiary/aromatic N) is 4. The van der Waals surface area contributed by atoms with E-state index in [1.165, 1.54) is 11.8 Å². The maximum Gasteiger partial charge on any atom is 0.230 e. The molecule has 7 nitrogen and oxygen atoms in total. The second-order valence-electron chi connectivity index (χ2n) is 6.79. The molecule has 0 fully saturated rings. The topological polar surface area (TPSA) is 85.8 Å². The molecule has 0 spiro atoms. The number of nitrogens with one attached hydrogen (secondary N) is 1. The lowest BCUT2D eigenvalue weighted by Crippen LogP contribution is -2.41. The van der Waals surface area contributed by atoms with Crippen molar-refractivity contribution in [3.05, 3.63) is 48.7 Å². The predicted octanol–water partition coefficient (Wildman–Crippen LogP) is 2.99. The highest BCUT2D eigenvalue weighted by Gasteiger charge is 2.18. The summed E-state index contributed by atoms with van der Waals surface area (Å²) in [6.07, 6.45) is 5.06. The van der Waals surface area contributed by atoms with Gasteiger partial charge in [-0.05, 0) is 45.0 Å². The summed E-state index contributed by atoms with van der Waals surface area (Å²) in [7, 11) is 0. The molecule has 26 heavy (non-hydrogen) atoms. The fourth-order valence-electron chi connectivity index (χ4n) is 2.40. The molecule has 1 amide bonds. The van der Waals surface area contributed by atoms with E-state index in [4.69, 9.17) is 4.42 Å². The Hall–Kier alpha value is -2.61. The average molecular weight is 371 g/mol. The normalized spacial score (nSPS) is 11.5. The molecule has 0 aromatic carbocycles. The monoisotopic (exact) mass is 371 g/mol. The van der Waals surface area contributed by atoms with Gasteiger partial charge >= 0.3 is 0 Å². The summed E-state index contributed by atoms with van der Waals surface area (Å²) in [6, 6.07) is 7.50. The molecular formula is C18H21N5O2S. The Morgan fingerprint density at radius 1 is 1.23 bits per heavy atom. The third-order valence-corrected chi connectivity index (χ3v) is 4.36. The van der Waals surface area contributed by atoms with Crippen LogP contribution < -0.4 is 5.32 Å². The van der Waals surface area contributed by atoms with Crippen molar-refractivity contribution in [2.75, 3.05) is 5.75 Å². The SMILES string of the molecule is CC(C)(C)NC(=O)CSc1nnc(-c2ccncc2)n1Cc1ccco1. The van der Waals surface area contributed by atoms with Crippen LogP contribution in [0.15, 0.2) is 52.5 Å². The first kappa shape index (κ1) is 18.2. The summed E-state index contributed by atoms with van der Waals surface area (Å²) in [5.41, 5.74) is 0.645. The molecule has 0 aliphatic rings. The number of aromatic nitrogens is 4. The number of hydrogen-bond donors (Lipinski definition) is 1. The van der Waals surface area contributed by atoms with Crippen LogP contribution in [0.25, 0.3) is 11.4 Å². The fraction of sp³-hybridized carbons (Fsp3) is 0.333. The Morgan fingerprint density at radius 3 is 2.65 bits per heavy atom. The standard InChI is InChI=1S/C18H21N5O2S/c1-18(2,3)20-15(24)12-26-17-22-21-16(13-6-8-19-9-7-13)23(17)11-14-5-4-10-25-14/h4-10H,11-12H2,1-3H3,(H,20,24). The highest BCUT2D eigenvalue weighted by molar-refractivity contribution is 7.99. The van der Waals surface area contributed by atoms with Gasteiger partial charge in [0.15, 0.2) is 11.0 Å². The third kappa shape index (κ3) is 4.72. The van der Waals surface area contributed by atoms with Crippen LogP contribution in [0.1, 0.15) is 26.5 Å². The average Bonchev–Trinajstić information content (AvgIpc) is 3.23. The number of rotatable bonds is 6. The quantitative estimate of drug-likeness (QED) is 0.671. The highest BCUT2D eigenvalue weighted by atomic mass is 32.2. The number of carbonyl (C=O) groups is 1. The Morgan fingerprint density at radius 2 is 2.00 bits per heavy atom. The van der Waals surface area contributed by atoms with Crippen molar-refractivity contribution in [3.8, 4) is 11.4 Å². The van der Waals surface area contributed by atoms with E-state index < -0.39 is 0 Å². The van der Waals surface area contributed by atoms with E-state index in [1.54, 1.807) is 18.7 Å². The van der Waals surface area contributed by atoms with Crippen molar-refractivity contribution in [2.24, 2.45) is 0 Å². The van der Waals surface area contributed by atoms with Gasteiger partial charge in [0, 0.05) is 23.5 Å². The molecule has 0 atom stereocenters. The molecule has 3 aromatic rings. The van der Waals surface area contributed by atoms with Gasteiger partial charge in [-0.2, -0.15) is 0 Å². The van der Waals surface area contributed by atoms with E-state index in [1.807, 2.05) is 49.6 Å². The van der Waals surface area contributed by atoms with Crippen LogP contribution >= 0.6 is 11.8 Å². The molecule has 0 aliphatic heterocycles. The van der Waals surface area contributed by atoms with Crippen molar-refractivity contribution in [3.63, 3.8) is 0 Å². The molecular weight excluding hydrogens is 350 g/mol. The van der Waals surface area contributed by atoms with Crippen LogP contribution in [-0.2, 0) is 11.3 Å². The number of furan rings is 1. The highest BCUT2D eigenvalue weighted by Crippen LogP contribution is 2.25. The summed E-state index contributed by atoms with van der Waals surface area (Å²) < 4.78 is 7.41. The van der Waals surface area contributed by atoms with Crippen LogP contribution in [0, 0.1) is 0 Å². The van der Waals surface area contributed by atoms with Gasteiger partial charge in [0.05, 0.1) is 18.6 Å². The molecule has 3 rings (SSSR count). The van der Waals surface area contributed by atoms with Gasteiger partial charge in [-0.25, -0.2) is 0 Å². The van der Waals surface area contributed by atoms with Crippen LogP contribution in [0.4, 0.5) is 0 Å². The molecule has 136 valence electrons. The first-order chi connectivity index (χ1) is 12.4. The molecule has 1 N–H and O–H groups in total. The lowest BCUT2D eigenvalue weighted by atomic mass is 10.1. The molecule has 8 heteroatoms. The summed E-state index contributed by atoms with van der Waals surface area (Å²) in [6.45, 7) is 6.35. The zero-order chi connectivity index (χ0) is 18.6. The van der Waals surface area contributed by atoms with E-state index >= 15 is 0 Å². The van der Waals surface area contributed by atoms with Gasteiger partial charge in [0.1, 0.15) is 5.76 Å². The van der Waals surface area contributed by atoms with Gasteiger partial charge in [0.2, 0.25) is 5.91 Å². The Balaban J connectivity index is 1.83. The number of carbonyl (C=O) groups excluding carboxylic acids is 1. The minimum Gasteiger partial charge on any atom is -0.467 e. The van der Waals surface area contributed by atoms with Crippen LogP contribution in [0.2, 0.25) is 0 Å². The first-order valence-corrected chi connectivity index (χ1v) is 9.21. The Labute approximate surface area is 156 Å². The zero-order valence-corrected chi connectivity index (χ0v) is 15.8. The second kappa shape index (κ2) is 7.74. The number of pyridine rings is 1. The van der Waals surface area contributed by atoms with Crippen molar-refractivity contribution in [1.29, 1.82) is 0 Å². The molecule has 3 heterocycles. The first-order valence-electron chi connectivity index (χ1n) is 8.22. The molecule has 0 saturated carbocycles. The minimum atomic E-state index is -0.262. The largest absolute Gasteiger partial charge is 0.467 e. The summed E-state index contributed by atoms with van der Waals surface area (Å²) in [5, 5.41) is 12.2. The van der Waals surface area contributed by atoms with Crippen LogP contribution in [0.5, 0.6) is 0 Å². The molecule has 0 bridgehead atoms. The Bertz CT molecular complexity index is 854. The van der Waals surface area contributed by atoms with E-state index in [0.29, 0.717) is 17.5 Å². The van der Waals surface area contributed by atoms with E-state index in [0.717, 1.165) is 11.3 Å². The molecule has 3 aromatic heterocycles. The summed E-state index contributed by atoms with van der Waals surface area (Å²) >= 11 is 1.35. The van der Waals surface area contributed by atoms with E-state index in [2.05, 4.69) is 20.5 Å². The van der Waals surface area contributed by atoms with Gasteiger partial charge in [0.25, 0.3) is 0 Å². The third-order valence-electron chi connectivity index (χ3n) is 3.40. The number of hydrogen-bond acceptors (Lipinski definition) is 6. The van der Waals surface area contributed by atoms with Crippen LogP contribution in [-0.4, -0.2) is 36.9 Å². The van der Waals surface area contributed by atoms with Crippen molar-refractivity contribution in [2.45, 2.75) is 38.0 Å². The number of amides is 1. The van der Waals surface area contributed by atoms with Gasteiger partial charge in [-0.15, -0.1) is 10.2 Å². The molecule has 0 saturated heterocycles. The lowest BCUT2D eigenvalue weighted by molar-refractivity contribution is -0.119. The maximum atomic E-state index is 12.1. The lowest BCUT2D eigenvalue weighted by Gasteiger charge is -2.20. The van der Waals surface area contributed by atoms with E-state index in [9.17, 15) is 4.79 Å². The molecule has 0 radical (unpaired) electrons. The second-order valence-corrected chi connectivity index (χ2v) is 7.74.